The van der Waals surface area contributed by atoms with Gasteiger partial charge in [-0.2, -0.15) is 0 Å². The number of piperidine rings is 1. The molecule has 3 nitrogen and oxygen atoms in total. The van der Waals surface area contributed by atoms with Crippen molar-refractivity contribution in [3.05, 3.63) is 33.9 Å². The van der Waals surface area contributed by atoms with Crippen LogP contribution in [-0.2, 0) is 6.67 Å². The van der Waals surface area contributed by atoms with Gasteiger partial charge >= 0.3 is 4.87 Å². The molecule has 1 N–H and O–H groups in total. The summed E-state index contributed by atoms with van der Waals surface area (Å²) in [7, 11) is 0. The van der Waals surface area contributed by atoms with Crippen molar-refractivity contribution in [1.29, 1.82) is 0 Å². The predicted molar refractivity (Wildman–Crippen MR) is 70.6 cm³/mol. The van der Waals surface area contributed by atoms with E-state index < -0.39 is 0 Å². The van der Waals surface area contributed by atoms with E-state index in [0.717, 1.165) is 16.9 Å². The maximum Gasteiger partial charge on any atom is 0.312 e. The summed E-state index contributed by atoms with van der Waals surface area (Å²) in [6.45, 7) is 3.25. The third kappa shape index (κ3) is 2.15. The Balaban J connectivity index is 1.93. The van der Waals surface area contributed by atoms with Crippen LogP contribution in [0.15, 0.2) is 29.1 Å². The van der Waals surface area contributed by atoms with Crippen molar-refractivity contribution < 1.29 is 4.90 Å². The fourth-order valence-electron chi connectivity index (χ4n) is 2.60. The molecule has 1 fully saturated rings. The van der Waals surface area contributed by atoms with Crippen LogP contribution in [0.25, 0.3) is 10.2 Å². The number of benzene rings is 1. The first-order valence-electron chi connectivity index (χ1n) is 6.26. The van der Waals surface area contributed by atoms with Gasteiger partial charge in [0.25, 0.3) is 0 Å². The second-order valence-corrected chi connectivity index (χ2v) is 5.73. The lowest BCUT2D eigenvalue weighted by atomic mass is 10.1. The first kappa shape index (κ1) is 11.0. The summed E-state index contributed by atoms with van der Waals surface area (Å²) in [5, 5.41) is 0. The summed E-state index contributed by atoms with van der Waals surface area (Å²) < 4.78 is 3.05. The molecule has 0 unspecified atom stereocenters. The lowest BCUT2D eigenvalue weighted by Crippen LogP contribution is -3.12. The minimum atomic E-state index is 0.185. The van der Waals surface area contributed by atoms with Crippen molar-refractivity contribution in [2.45, 2.75) is 25.9 Å². The molecule has 0 radical (unpaired) electrons. The van der Waals surface area contributed by atoms with Gasteiger partial charge < -0.3 is 4.90 Å². The minimum Gasteiger partial charge on any atom is -0.317 e. The van der Waals surface area contributed by atoms with Crippen molar-refractivity contribution in [2.75, 3.05) is 13.1 Å². The average molecular weight is 249 g/mol. The number of para-hydroxylation sites is 1. The molecule has 0 amide bonds. The lowest BCUT2D eigenvalue weighted by molar-refractivity contribution is -0.927. The van der Waals surface area contributed by atoms with E-state index in [1.54, 1.807) is 4.90 Å². The maximum atomic E-state index is 12.0. The molecular formula is C13H17N2OS+. The SMILES string of the molecule is O=c1sc2ccccc2n1C[NH+]1CCCCC1. The number of hydrogen-bond donors (Lipinski definition) is 1. The highest BCUT2D eigenvalue weighted by Crippen LogP contribution is 2.15. The lowest BCUT2D eigenvalue weighted by Gasteiger charge is -2.23. The number of hydrogen-bond acceptors (Lipinski definition) is 2. The number of nitrogens with zero attached hydrogens (tertiary/aromatic N) is 1. The molecule has 0 bridgehead atoms. The Labute approximate surface area is 104 Å². The Morgan fingerprint density at radius 1 is 1.18 bits per heavy atom. The highest BCUT2D eigenvalue weighted by atomic mass is 32.1. The molecule has 0 atom stereocenters. The summed E-state index contributed by atoms with van der Waals surface area (Å²) in [4.78, 5) is 13.7. The molecule has 0 aliphatic carbocycles. The molecule has 2 aromatic rings. The second-order valence-electron chi connectivity index (χ2n) is 4.73. The first-order chi connectivity index (χ1) is 8.34. The van der Waals surface area contributed by atoms with Gasteiger partial charge in [0.15, 0.2) is 6.67 Å². The van der Waals surface area contributed by atoms with Gasteiger partial charge in [0.05, 0.1) is 23.3 Å². The van der Waals surface area contributed by atoms with E-state index in [1.807, 2.05) is 22.8 Å². The monoisotopic (exact) mass is 249 g/mol. The number of fused-ring (bicyclic) bond motifs is 1. The third-order valence-corrected chi connectivity index (χ3v) is 4.48. The highest BCUT2D eigenvalue weighted by Gasteiger charge is 2.16. The van der Waals surface area contributed by atoms with Gasteiger partial charge in [-0.05, 0) is 31.4 Å². The standard InChI is InChI=1S/C13H16N2OS/c16-13-15(10-14-8-4-1-5-9-14)11-6-2-3-7-12(11)17-13/h2-3,6-7H,1,4-5,8-10H2/p+1. The van der Waals surface area contributed by atoms with Crippen LogP contribution < -0.4 is 9.77 Å². The van der Waals surface area contributed by atoms with Gasteiger partial charge in [0, 0.05) is 0 Å². The van der Waals surface area contributed by atoms with Gasteiger partial charge in [0.2, 0.25) is 0 Å². The Hall–Kier alpha value is -1.13. The van der Waals surface area contributed by atoms with E-state index in [9.17, 15) is 4.79 Å². The summed E-state index contributed by atoms with van der Waals surface area (Å²) in [6.07, 6.45) is 3.95. The third-order valence-electron chi connectivity index (χ3n) is 3.52. The van der Waals surface area contributed by atoms with Crippen LogP contribution in [0.4, 0.5) is 0 Å². The molecule has 0 spiro atoms. The molecule has 17 heavy (non-hydrogen) atoms. The van der Waals surface area contributed by atoms with Crippen molar-refractivity contribution >= 4 is 21.6 Å². The van der Waals surface area contributed by atoms with Crippen LogP contribution in [-0.4, -0.2) is 17.7 Å². The molecule has 90 valence electrons. The number of thiazole rings is 1. The average Bonchev–Trinajstić information content (AvgIpc) is 2.68. The van der Waals surface area contributed by atoms with E-state index in [1.165, 1.54) is 43.7 Å². The number of aromatic nitrogens is 1. The first-order valence-corrected chi connectivity index (χ1v) is 7.08. The molecule has 1 aromatic heterocycles. The zero-order valence-electron chi connectivity index (χ0n) is 9.82. The second kappa shape index (κ2) is 4.63. The van der Waals surface area contributed by atoms with Gasteiger partial charge in [-0.3, -0.25) is 9.36 Å². The Morgan fingerprint density at radius 2 is 1.94 bits per heavy atom. The Morgan fingerprint density at radius 3 is 2.76 bits per heavy atom. The molecule has 3 rings (SSSR count). The molecule has 1 saturated heterocycles. The largest absolute Gasteiger partial charge is 0.317 e. The fourth-order valence-corrected chi connectivity index (χ4v) is 3.49. The normalized spacial score (nSPS) is 17.6. The van der Waals surface area contributed by atoms with Crippen molar-refractivity contribution in [2.24, 2.45) is 0 Å². The number of likely N-dealkylation sites (tertiary alicyclic amines) is 1. The number of quaternary nitrogens is 1. The van der Waals surface area contributed by atoms with Gasteiger partial charge in [-0.15, -0.1) is 0 Å². The summed E-state index contributed by atoms with van der Waals surface area (Å²) >= 11 is 1.36. The molecule has 0 saturated carbocycles. The van der Waals surface area contributed by atoms with Crippen LogP contribution in [0, 0.1) is 0 Å². The van der Waals surface area contributed by atoms with Crippen LogP contribution in [0.3, 0.4) is 0 Å². The molecule has 4 heteroatoms. The molecule has 1 aromatic carbocycles. The zero-order chi connectivity index (χ0) is 11.7. The maximum absolute atomic E-state index is 12.0. The van der Waals surface area contributed by atoms with E-state index in [0.29, 0.717) is 0 Å². The number of rotatable bonds is 2. The molecule has 2 heterocycles. The van der Waals surface area contributed by atoms with Crippen LogP contribution >= 0.6 is 11.3 Å². The van der Waals surface area contributed by atoms with E-state index >= 15 is 0 Å². The van der Waals surface area contributed by atoms with Gasteiger partial charge in [0.1, 0.15) is 0 Å². The van der Waals surface area contributed by atoms with Crippen LogP contribution in [0.2, 0.25) is 0 Å². The van der Waals surface area contributed by atoms with Crippen LogP contribution in [0.5, 0.6) is 0 Å². The summed E-state index contributed by atoms with van der Waals surface area (Å²) in [6, 6.07) is 8.09. The minimum absolute atomic E-state index is 0.185. The summed E-state index contributed by atoms with van der Waals surface area (Å²) in [5.41, 5.74) is 1.10. The Kier molecular flexibility index (Phi) is 2.99. The van der Waals surface area contributed by atoms with E-state index in [2.05, 4.69) is 6.07 Å². The number of nitrogens with one attached hydrogen (secondary N) is 1. The fraction of sp³-hybridized carbons (Fsp3) is 0.462. The van der Waals surface area contributed by atoms with E-state index in [-0.39, 0.29) is 4.87 Å². The molecule has 1 aliphatic rings. The topological polar surface area (TPSA) is 26.4 Å². The van der Waals surface area contributed by atoms with Crippen molar-refractivity contribution in [3.8, 4) is 0 Å². The molecular weight excluding hydrogens is 232 g/mol. The zero-order valence-corrected chi connectivity index (χ0v) is 10.6. The van der Waals surface area contributed by atoms with Crippen LogP contribution in [0.1, 0.15) is 19.3 Å². The van der Waals surface area contributed by atoms with Gasteiger partial charge in [-0.25, -0.2) is 0 Å². The quantitative estimate of drug-likeness (QED) is 0.847. The predicted octanol–water partition coefficient (Wildman–Crippen LogP) is 1.09. The molecule has 1 aliphatic heterocycles. The smallest absolute Gasteiger partial charge is 0.312 e. The summed E-state index contributed by atoms with van der Waals surface area (Å²) in [5.74, 6) is 0. The van der Waals surface area contributed by atoms with Crippen molar-refractivity contribution in [3.63, 3.8) is 0 Å². The van der Waals surface area contributed by atoms with Gasteiger partial charge in [-0.1, -0.05) is 23.5 Å². The Bertz CT molecular complexity index is 566. The highest BCUT2D eigenvalue weighted by molar-refractivity contribution is 7.16. The van der Waals surface area contributed by atoms with E-state index in [4.69, 9.17) is 0 Å². The van der Waals surface area contributed by atoms with Crippen molar-refractivity contribution in [1.82, 2.24) is 4.57 Å².